The lowest BCUT2D eigenvalue weighted by atomic mass is 10.3. The monoisotopic (exact) mass is 317 g/mol. The molecular formula is C12H13ClFN3O2S. The van der Waals surface area contributed by atoms with Crippen LogP contribution in [0.1, 0.15) is 17.8 Å². The minimum atomic E-state index is -0.335. The van der Waals surface area contributed by atoms with Crippen molar-refractivity contribution < 1.29 is 13.7 Å². The Bertz CT molecular complexity index is 563. The average Bonchev–Trinajstić information content (AvgIpc) is 3.07. The molecule has 1 fully saturated rings. The van der Waals surface area contributed by atoms with Crippen LogP contribution in [0.2, 0.25) is 0 Å². The molecule has 2 heterocycles. The quantitative estimate of drug-likeness (QED) is 0.935. The Morgan fingerprint density at radius 2 is 2.40 bits per heavy atom. The van der Waals surface area contributed by atoms with Crippen LogP contribution in [0.4, 0.5) is 4.39 Å². The Hall–Kier alpha value is -1.31. The summed E-state index contributed by atoms with van der Waals surface area (Å²) in [5, 5.41) is 7.09. The lowest BCUT2D eigenvalue weighted by molar-refractivity contribution is 0.282. The first-order valence-corrected chi connectivity index (χ1v) is 6.99. The Kier molecular flexibility index (Phi) is 5.22. The number of aromatic nitrogens is 2. The molecule has 1 saturated heterocycles. The maximum atomic E-state index is 13.0. The van der Waals surface area contributed by atoms with Crippen molar-refractivity contribution >= 4 is 24.2 Å². The van der Waals surface area contributed by atoms with E-state index in [0.29, 0.717) is 17.5 Å². The zero-order valence-electron chi connectivity index (χ0n) is 10.4. The molecule has 0 spiro atoms. The fourth-order valence-electron chi connectivity index (χ4n) is 1.73. The molecule has 1 N–H and O–H groups in total. The molecule has 1 aliphatic rings. The van der Waals surface area contributed by atoms with E-state index in [9.17, 15) is 4.39 Å². The SMILES string of the molecule is Cl.Fc1cccc(OCc2noc([C@H]3CSCN3)n2)c1. The maximum Gasteiger partial charge on any atom is 0.244 e. The van der Waals surface area contributed by atoms with Gasteiger partial charge >= 0.3 is 0 Å². The summed E-state index contributed by atoms with van der Waals surface area (Å²) < 4.78 is 23.5. The number of rotatable bonds is 4. The van der Waals surface area contributed by atoms with Gasteiger partial charge in [0.1, 0.15) is 11.6 Å². The average molecular weight is 318 g/mol. The van der Waals surface area contributed by atoms with Gasteiger partial charge in [0.25, 0.3) is 0 Å². The van der Waals surface area contributed by atoms with E-state index < -0.39 is 0 Å². The Morgan fingerprint density at radius 1 is 1.50 bits per heavy atom. The molecule has 2 aromatic rings. The van der Waals surface area contributed by atoms with Crippen LogP contribution in [0.25, 0.3) is 0 Å². The number of halogens is 2. The minimum Gasteiger partial charge on any atom is -0.485 e. The normalized spacial score (nSPS) is 17.8. The van der Waals surface area contributed by atoms with E-state index in [4.69, 9.17) is 9.26 Å². The lowest BCUT2D eigenvalue weighted by Gasteiger charge is -2.02. The number of hydrogen-bond donors (Lipinski definition) is 1. The largest absolute Gasteiger partial charge is 0.485 e. The van der Waals surface area contributed by atoms with Gasteiger partial charge in [-0.3, -0.25) is 5.32 Å². The van der Waals surface area contributed by atoms with Gasteiger partial charge in [-0.15, -0.1) is 24.2 Å². The second-order valence-corrected chi connectivity index (χ2v) is 5.10. The van der Waals surface area contributed by atoms with E-state index in [-0.39, 0.29) is 30.9 Å². The summed E-state index contributed by atoms with van der Waals surface area (Å²) in [6, 6.07) is 6.06. The molecule has 3 rings (SSSR count). The zero-order valence-corrected chi connectivity index (χ0v) is 12.0. The third-order valence-corrected chi connectivity index (χ3v) is 3.60. The molecule has 1 atom stereocenters. The van der Waals surface area contributed by atoms with E-state index in [0.717, 1.165) is 11.6 Å². The predicted octanol–water partition coefficient (Wildman–Crippen LogP) is 2.54. The Morgan fingerprint density at radius 3 is 3.15 bits per heavy atom. The van der Waals surface area contributed by atoms with Crippen LogP contribution in [-0.4, -0.2) is 21.8 Å². The van der Waals surface area contributed by atoms with E-state index in [1.165, 1.54) is 12.1 Å². The predicted molar refractivity (Wildman–Crippen MR) is 75.5 cm³/mol. The summed E-state index contributed by atoms with van der Waals surface area (Å²) in [5.41, 5.74) is 0. The maximum absolute atomic E-state index is 13.0. The minimum absolute atomic E-state index is 0. The highest BCUT2D eigenvalue weighted by Gasteiger charge is 2.22. The molecule has 1 aromatic carbocycles. The van der Waals surface area contributed by atoms with Gasteiger partial charge in [-0.25, -0.2) is 4.39 Å². The first kappa shape index (κ1) is 15.1. The van der Waals surface area contributed by atoms with Crippen molar-refractivity contribution in [2.24, 2.45) is 0 Å². The van der Waals surface area contributed by atoms with Crippen LogP contribution >= 0.6 is 24.2 Å². The number of hydrogen-bond acceptors (Lipinski definition) is 6. The van der Waals surface area contributed by atoms with Crippen molar-refractivity contribution in [2.75, 3.05) is 11.6 Å². The summed E-state index contributed by atoms with van der Waals surface area (Å²) in [6.45, 7) is 0.160. The van der Waals surface area contributed by atoms with Crippen LogP contribution in [0.15, 0.2) is 28.8 Å². The number of nitrogens with one attached hydrogen (secondary N) is 1. The molecule has 0 unspecified atom stereocenters. The third-order valence-electron chi connectivity index (χ3n) is 2.66. The zero-order chi connectivity index (χ0) is 13.1. The smallest absolute Gasteiger partial charge is 0.244 e. The van der Waals surface area contributed by atoms with Gasteiger partial charge in [0.05, 0.1) is 6.04 Å². The van der Waals surface area contributed by atoms with Crippen LogP contribution in [-0.2, 0) is 6.61 Å². The van der Waals surface area contributed by atoms with Crippen molar-refractivity contribution in [3.05, 3.63) is 41.8 Å². The topological polar surface area (TPSA) is 60.2 Å². The number of nitrogens with zero attached hydrogens (tertiary/aromatic N) is 2. The molecule has 1 aromatic heterocycles. The van der Waals surface area contributed by atoms with Crippen LogP contribution in [0.3, 0.4) is 0 Å². The molecule has 0 aliphatic carbocycles. The van der Waals surface area contributed by atoms with Crippen molar-refractivity contribution in [1.82, 2.24) is 15.5 Å². The molecule has 5 nitrogen and oxygen atoms in total. The Labute approximate surface area is 125 Å². The molecule has 20 heavy (non-hydrogen) atoms. The summed E-state index contributed by atoms with van der Waals surface area (Å²) in [6.07, 6.45) is 0. The first-order chi connectivity index (χ1) is 9.31. The molecule has 0 saturated carbocycles. The van der Waals surface area contributed by atoms with Crippen LogP contribution < -0.4 is 10.1 Å². The van der Waals surface area contributed by atoms with Gasteiger partial charge in [0.15, 0.2) is 6.61 Å². The van der Waals surface area contributed by atoms with Crippen molar-refractivity contribution in [2.45, 2.75) is 12.6 Å². The lowest BCUT2D eigenvalue weighted by Crippen LogP contribution is -2.14. The number of ether oxygens (including phenoxy) is 1. The van der Waals surface area contributed by atoms with E-state index in [2.05, 4.69) is 15.5 Å². The van der Waals surface area contributed by atoms with E-state index >= 15 is 0 Å². The van der Waals surface area contributed by atoms with Crippen molar-refractivity contribution in [3.8, 4) is 5.75 Å². The second kappa shape index (κ2) is 6.92. The fraction of sp³-hybridized carbons (Fsp3) is 0.333. The highest BCUT2D eigenvalue weighted by Crippen LogP contribution is 2.22. The third kappa shape index (κ3) is 3.62. The molecule has 108 valence electrons. The molecular weight excluding hydrogens is 305 g/mol. The van der Waals surface area contributed by atoms with Gasteiger partial charge in [0.2, 0.25) is 11.7 Å². The molecule has 8 heteroatoms. The molecule has 0 bridgehead atoms. The van der Waals surface area contributed by atoms with Gasteiger partial charge in [-0.1, -0.05) is 11.2 Å². The fourth-order valence-corrected chi connectivity index (χ4v) is 2.66. The Balaban J connectivity index is 0.00000147. The molecule has 0 amide bonds. The molecule has 1 aliphatic heterocycles. The summed E-state index contributed by atoms with van der Waals surface area (Å²) >= 11 is 1.79. The van der Waals surface area contributed by atoms with E-state index in [1.807, 2.05) is 0 Å². The van der Waals surface area contributed by atoms with Gasteiger partial charge in [-0.05, 0) is 12.1 Å². The number of benzene rings is 1. The standard InChI is InChI=1S/C12H12FN3O2S.ClH/c13-8-2-1-3-9(4-8)17-5-11-15-12(18-16-11)10-6-19-7-14-10;/h1-4,10,14H,5-7H2;1H/t10-;/m1./s1. The number of thioether (sulfide) groups is 1. The molecule has 0 radical (unpaired) electrons. The summed E-state index contributed by atoms with van der Waals surface area (Å²) in [7, 11) is 0. The van der Waals surface area contributed by atoms with E-state index in [1.54, 1.807) is 23.9 Å². The van der Waals surface area contributed by atoms with Gasteiger partial charge < -0.3 is 9.26 Å². The first-order valence-electron chi connectivity index (χ1n) is 5.83. The van der Waals surface area contributed by atoms with Crippen molar-refractivity contribution in [3.63, 3.8) is 0 Å². The van der Waals surface area contributed by atoms with Gasteiger partial charge in [-0.2, -0.15) is 4.98 Å². The van der Waals surface area contributed by atoms with Crippen LogP contribution in [0, 0.1) is 5.82 Å². The van der Waals surface area contributed by atoms with Crippen molar-refractivity contribution in [1.29, 1.82) is 0 Å². The summed E-state index contributed by atoms with van der Waals surface area (Å²) in [4.78, 5) is 4.26. The second-order valence-electron chi connectivity index (χ2n) is 4.07. The highest BCUT2D eigenvalue weighted by atomic mass is 35.5. The summed E-state index contributed by atoms with van der Waals surface area (Å²) in [5.74, 6) is 2.95. The highest BCUT2D eigenvalue weighted by molar-refractivity contribution is 7.99. The van der Waals surface area contributed by atoms with Crippen LogP contribution in [0.5, 0.6) is 5.75 Å². The van der Waals surface area contributed by atoms with Gasteiger partial charge in [0, 0.05) is 17.7 Å².